The normalized spacial score (nSPS) is 11.4. The van der Waals surface area contributed by atoms with E-state index in [4.69, 9.17) is 4.74 Å². The summed E-state index contributed by atoms with van der Waals surface area (Å²) in [7, 11) is -3.45. The van der Waals surface area contributed by atoms with Gasteiger partial charge in [-0.05, 0) is 62.6 Å². The molecular formula is C23H24N2O5S. The molecule has 162 valence electrons. The predicted octanol–water partition coefficient (Wildman–Crippen LogP) is 3.68. The second-order valence-electron chi connectivity index (χ2n) is 7.36. The first-order valence-corrected chi connectivity index (χ1v) is 11.6. The predicted molar refractivity (Wildman–Crippen MR) is 116 cm³/mol. The summed E-state index contributed by atoms with van der Waals surface area (Å²) in [6.07, 6.45) is 2.52. The lowest BCUT2D eigenvalue weighted by molar-refractivity contribution is 0.0716. The Morgan fingerprint density at radius 1 is 1.03 bits per heavy atom. The van der Waals surface area contributed by atoms with Gasteiger partial charge in [0.05, 0.1) is 16.7 Å². The van der Waals surface area contributed by atoms with Gasteiger partial charge < -0.3 is 4.74 Å². The van der Waals surface area contributed by atoms with Crippen LogP contribution in [0, 0.1) is 20.8 Å². The number of nitrogens with zero attached hydrogens (tertiary/aromatic N) is 2. The third-order valence-electron chi connectivity index (χ3n) is 5.18. The molecule has 0 N–H and O–H groups in total. The molecule has 0 saturated carbocycles. The van der Waals surface area contributed by atoms with Gasteiger partial charge in [0.15, 0.2) is 15.6 Å². The van der Waals surface area contributed by atoms with Crippen LogP contribution >= 0.6 is 0 Å². The Hall–Kier alpha value is -3.26. The largest absolute Gasteiger partial charge is 0.403 e. The smallest absolute Gasteiger partial charge is 0.344 e. The summed E-state index contributed by atoms with van der Waals surface area (Å²) in [6, 6.07) is 10.0. The number of hydrogen-bond donors (Lipinski definition) is 0. The first-order chi connectivity index (χ1) is 14.6. The van der Waals surface area contributed by atoms with E-state index in [0.29, 0.717) is 34.4 Å². The minimum atomic E-state index is -3.45. The lowest BCUT2D eigenvalue weighted by Crippen LogP contribution is -2.15. The van der Waals surface area contributed by atoms with Crippen LogP contribution in [-0.4, -0.2) is 36.2 Å². The third kappa shape index (κ3) is 4.29. The van der Waals surface area contributed by atoms with Crippen molar-refractivity contribution in [2.45, 2.75) is 39.1 Å². The second kappa shape index (κ2) is 8.47. The van der Waals surface area contributed by atoms with Crippen LogP contribution < -0.4 is 4.74 Å². The Bertz CT molecular complexity index is 1280. The van der Waals surface area contributed by atoms with Gasteiger partial charge in [-0.15, -0.1) is 0 Å². The molecule has 0 amide bonds. The highest BCUT2D eigenvalue weighted by atomic mass is 32.2. The van der Waals surface area contributed by atoms with Crippen LogP contribution in [0.5, 0.6) is 5.88 Å². The molecule has 2 aromatic carbocycles. The Kier molecular flexibility index (Phi) is 6.13. The maximum atomic E-state index is 13.4. The Labute approximate surface area is 181 Å². The standard InChI is InChI=1S/C23H24N2O5S/c1-6-25-22(30-23(27)17-10-8-7-9-11-17)19(13-24-25)20(26)18-12-14(2)21(31(5,28)29)16(4)15(18)3/h7-13H,6H2,1-5H3. The molecule has 0 radical (unpaired) electrons. The number of aryl methyl sites for hydroxylation is 2. The topological polar surface area (TPSA) is 95.3 Å². The molecular weight excluding hydrogens is 416 g/mol. The number of ketones is 1. The van der Waals surface area contributed by atoms with Crippen molar-refractivity contribution in [1.82, 2.24) is 9.78 Å². The van der Waals surface area contributed by atoms with Gasteiger partial charge in [-0.2, -0.15) is 5.10 Å². The number of aromatic nitrogens is 2. The van der Waals surface area contributed by atoms with Crippen LogP contribution in [0.15, 0.2) is 47.5 Å². The summed E-state index contributed by atoms with van der Waals surface area (Å²) in [5, 5.41) is 4.18. The summed E-state index contributed by atoms with van der Waals surface area (Å²) in [5.74, 6) is -0.927. The van der Waals surface area contributed by atoms with Crippen LogP contribution in [0.25, 0.3) is 0 Å². The van der Waals surface area contributed by atoms with Gasteiger partial charge in [-0.25, -0.2) is 17.9 Å². The zero-order valence-corrected chi connectivity index (χ0v) is 18.9. The summed E-state index contributed by atoms with van der Waals surface area (Å²) >= 11 is 0. The number of ether oxygens (including phenoxy) is 1. The van der Waals surface area contributed by atoms with Crippen LogP contribution in [0.4, 0.5) is 0 Å². The number of hydrogen-bond acceptors (Lipinski definition) is 6. The molecule has 0 atom stereocenters. The summed E-state index contributed by atoms with van der Waals surface area (Å²) < 4.78 is 31.3. The van der Waals surface area contributed by atoms with Gasteiger partial charge in [0.2, 0.25) is 5.88 Å². The van der Waals surface area contributed by atoms with Crippen molar-refractivity contribution in [2.24, 2.45) is 0 Å². The highest BCUT2D eigenvalue weighted by Gasteiger charge is 2.26. The van der Waals surface area contributed by atoms with E-state index in [9.17, 15) is 18.0 Å². The molecule has 0 fully saturated rings. The second-order valence-corrected chi connectivity index (χ2v) is 9.31. The first-order valence-electron chi connectivity index (χ1n) is 9.74. The van der Waals surface area contributed by atoms with E-state index in [1.807, 2.05) is 6.92 Å². The average molecular weight is 441 g/mol. The molecule has 0 aliphatic carbocycles. The van der Waals surface area contributed by atoms with Crippen molar-refractivity contribution in [3.8, 4) is 5.88 Å². The lowest BCUT2D eigenvalue weighted by Gasteiger charge is -2.15. The van der Waals surface area contributed by atoms with E-state index >= 15 is 0 Å². The molecule has 7 nitrogen and oxygen atoms in total. The fourth-order valence-electron chi connectivity index (χ4n) is 3.59. The minimum absolute atomic E-state index is 0.0586. The van der Waals surface area contributed by atoms with Gasteiger partial charge in [0, 0.05) is 18.4 Å². The molecule has 3 rings (SSSR count). The molecule has 3 aromatic rings. The van der Waals surface area contributed by atoms with Crippen molar-refractivity contribution in [2.75, 3.05) is 6.26 Å². The van der Waals surface area contributed by atoms with Crippen LogP contribution in [-0.2, 0) is 16.4 Å². The SMILES string of the molecule is CCn1ncc(C(=O)c2cc(C)c(S(C)(=O)=O)c(C)c2C)c1OC(=O)c1ccccc1. The van der Waals surface area contributed by atoms with E-state index < -0.39 is 15.8 Å². The highest BCUT2D eigenvalue weighted by Crippen LogP contribution is 2.30. The van der Waals surface area contributed by atoms with Gasteiger partial charge in [0.1, 0.15) is 5.56 Å². The molecule has 0 unspecified atom stereocenters. The Balaban J connectivity index is 2.08. The van der Waals surface area contributed by atoms with Crippen LogP contribution in [0.3, 0.4) is 0 Å². The summed E-state index contributed by atoms with van der Waals surface area (Å²) in [6.45, 7) is 7.26. The number of rotatable bonds is 6. The zero-order chi connectivity index (χ0) is 22.9. The fourth-order valence-corrected chi connectivity index (χ4v) is 4.95. The van der Waals surface area contributed by atoms with Gasteiger partial charge in [-0.1, -0.05) is 18.2 Å². The number of sulfone groups is 1. The highest BCUT2D eigenvalue weighted by molar-refractivity contribution is 7.90. The van der Waals surface area contributed by atoms with Gasteiger partial charge in [0.25, 0.3) is 0 Å². The van der Waals surface area contributed by atoms with E-state index in [2.05, 4.69) is 5.10 Å². The lowest BCUT2D eigenvalue weighted by atomic mass is 9.95. The number of esters is 1. The zero-order valence-electron chi connectivity index (χ0n) is 18.1. The summed E-state index contributed by atoms with van der Waals surface area (Å²) in [4.78, 5) is 26.2. The molecule has 1 heterocycles. The Morgan fingerprint density at radius 2 is 1.68 bits per heavy atom. The van der Waals surface area contributed by atoms with Gasteiger partial charge in [-0.3, -0.25) is 4.79 Å². The molecule has 8 heteroatoms. The van der Waals surface area contributed by atoms with Crippen molar-refractivity contribution in [3.63, 3.8) is 0 Å². The van der Waals surface area contributed by atoms with Gasteiger partial charge >= 0.3 is 5.97 Å². The van der Waals surface area contributed by atoms with Crippen molar-refractivity contribution in [3.05, 3.63) is 76.0 Å². The molecule has 0 aliphatic rings. The van der Waals surface area contributed by atoms with Crippen molar-refractivity contribution >= 4 is 21.6 Å². The summed E-state index contributed by atoms with van der Waals surface area (Å²) in [5.41, 5.74) is 2.40. The van der Waals surface area contributed by atoms with E-state index in [1.54, 1.807) is 57.2 Å². The molecule has 31 heavy (non-hydrogen) atoms. The maximum Gasteiger partial charge on any atom is 0.344 e. The van der Waals surface area contributed by atoms with E-state index in [1.165, 1.54) is 10.9 Å². The monoisotopic (exact) mass is 440 g/mol. The number of carbonyl (C=O) groups excluding carboxylic acids is 2. The fraction of sp³-hybridized carbons (Fsp3) is 0.261. The number of benzene rings is 2. The van der Waals surface area contributed by atoms with E-state index in [0.717, 1.165) is 6.26 Å². The minimum Gasteiger partial charge on any atom is -0.403 e. The third-order valence-corrected chi connectivity index (χ3v) is 6.55. The molecule has 0 aliphatic heterocycles. The average Bonchev–Trinajstić information content (AvgIpc) is 3.12. The molecule has 0 spiro atoms. The molecule has 1 aromatic heterocycles. The molecule has 0 saturated heterocycles. The van der Waals surface area contributed by atoms with Crippen molar-refractivity contribution < 1.29 is 22.7 Å². The first kappa shape index (κ1) is 22.4. The van der Waals surface area contributed by atoms with Crippen LogP contribution in [0.1, 0.15) is 49.9 Å². The Morgan fingerprint density at radius 3 is 2.26 bits per heavy atom. The number of carbonyl (C=O) groups is 2. The molecule has 0 bridgehead atoms. The van der Waals surface area contributed by atoms with Crippen molar-refractivity contribution in [1.29, 1.82) is 0 Å². The maximum absolute atomic E-state index is 13.4. The van der Waals surface area contributed by atoms with Crippen LogP contribution in [0.2, 0.25) is 0 Å². The quantitative estimate of drug-likeness (QED) is 0.429. The van der Waals surface area contributed by atoms with E-state index in [-0.39, 0.29) is 22.1 Å².